The fourth-order valence-corrected chi connectivity index (χ4v) is 9.88. The summed E-state index contributed by atoms with van der Waals surface area (Å²) in [7, 11) is -4.25. The average molecular weight is 705 g/mol. The fraction of sp³-hybridized carbons (Fsp3) is 0.478. The van der Waals surface area contributed by atoms with E-state index in [0.29, 0.717) is 12.8 Å². The predicted molar refractivity (Wildman–Crippen MR) is 213 cm³/mol. The van der Waals surface area contributed by atoms with Gasteiger partial charge in [0.05, 0.1) is 0 Å². The van der Waals surface area contributed by atoms with Gasteiger partial charge in [-0.25, -0.2) is 0 Å². The van der Waals surface area contributed by atoms with Crippen molar-refractivity contribution in [1.29, 1.82) is 0 Å². The molecule has 4 aromatic carbocycles. The van der Waals surface area contributed by atoms with Crippen LogP contribution in [0.5, 0.6) is 23.0 Å². The summed E-state index contributed by atoms with van der Waals surface area (Å²) < 4.78 is 30.2. The summed E-state index contributed by atoms with van der Waals surface area (Å²) in [6.07, 6.45) is 1.35. The Labute approximate surface area is 309 Å². The zero-order valence-electron chi connectivity index (χ0n) is 34.2. The lowest BCUT2D eigenvalue weighted by Gasteiger charge is -2.39. The van der Waals surface area contributed by atoms with Gasteiger partial charge in [-0.2, -0.15) is 0 Å². The normalized spacial score (nSPS) is 15.7. The third-order valence-corrected chi connectivity index (χ3v) is 12.0. The summed E-state index contributed by atoms with van der Waals surface area (Å²) in [5.41, 5.74) is 12.9. The molecule has 0 N–H and O–H groups in total. The van der Waals surface area contributed by atoms with Gasteiger partial charge in [0, 0.05) is 12.8 Å². The maximum atomic E-state index is 7.55. The van der Waals surface area contributed by atoms with Gasteiger partial charge in [-0.05, 0) is 93.9 Å². The second-order valence-corrected chi connectivity index (χ2v) is 21.3. The van der Waals surface area contributed by atoms with E-state index in [0.717, 1.165) is 67.5 Å². The number of fused-ring (bicyclic) bond motifs is 4. The Balaban J connectivity index is 1.80. The number of hydrogen-bond donors (Lipinski definition) is 0. The van der Waals surface area contributed by atoms with E-state index in [9.17, 15) is 0 Å². The fourth-order valence-electron chi connectivity index (χ4n) is 7.66. The van der Waals surface area contributed by atoms with Crippen LogP contribution in [-0.4, -0.2) is 9.05 Å². The minimum absolute atomic E-state index is 0.213. The van der Waals surface area contributed by atoms with Crippen molar-refractivity contribution in [3.63, 3.8) is 0 Å². The molecule has 1 spiro atoms. The summed E-state index contributed by atoms with van der Waals surface area (Å²) in [6.45, 7) is 35.7. The molecule has 2 aliphatic heterocycles. The van der Waals surface area contributed by atoms with Gasteiger partial charge in [0.2, 0.25) is 0 Å². The van der Waals surface area contributed by atoms with Gasteiger partial charge in [0.25, 0.3) is 0 Å². The van der Waals surface area contributed by atoms with Gasteiger partial charge in [0.15, 0.2) is 0 Å². The molecule has 0 saturated heterocycles. The van der Waals surface area contributed by atoms with E-state index in [-0.39, 0.29) is 21.7 Å². The van der Waals surface area contributed by atoms with Gasteiger partial charge < -0.3 is 17.7 Å². The van der Waals surface area contributed by atoms with E-state index in [1.54, 1.807) is 0 Å². The molecule has 0 radical (unpaired) electrons. The van der Waals surface area contributed by atoms with Crippen molar-refractivity contribution in [3.8, 4) is 23.0 Å². The molecule has 0 fully saturated rings. The standard InChI is InChI=1S/C46H60O4Si/c1-27-17-31-25-32-18-28(2)22-36(44(8,9)10)40(32)48-51(47-39(31)35(21-27)43(5,6)7)49-41-33(19-29(3)23-37(41)45(11,12)13)26-34-20-30(4)24-38(42(34)50-51)46(14,15)16/h17-24H,25-26H2,1-16H3. The Bertz CT molecular complexity index is 1730. The lowest BCUT2D eigenvalue weighted by atomic mass is 9.81. The summed E-state index contributed by atoms with van der Waals surface area (Å²) in [4.78, 5) is 0. The molecular formula is C46H60O4Si. The van der Waals surface area contributed by atoms with Crippen molar-refractivity contribution in [3.05, 3.63) is 115 Å². The van der Waals surface area contributed by atoms with Gasteiger partial charge in [-0.1, -0.05) is 154 Å². The highest BCUT2D eigenvalue weighted by molar-refractivity contribution is 6.57. The second kappa shape index (κ2) is 12.2. The molecular weight excluding hydrogens is 645 g/mol. The van der Waals surface area contributed by atoms with Crippen LogP contribution in [0.2, 0.25) is 0 Å². The van der Waals surface area contributed by atoms with E-state index >= 15 is 0 Å². The topological polar surface area (TPSA) is 36.9 Å². The molecule has 51 heavy (non-hydrogen) atoms. The molecule has 2 aliphatic rings. The monoisotopic (exact) mass is 704 g/mol. The quantitative estimate of drug-likeness (QED) is 0.171. The third-order valence-electron chi connectivity index (χ3n) is 10.1. The van der Waals surface area contributed by atoms with Crippen molar-refractivity contribution < 1.29 is 17.7 Å². The van der Waals surface area contributed by atoms with Crippen LogP contribution in [0.4, 0.5) is 0 Å². The Kier molecular flexibility index (Phi) is 8.86. The zero-order chi connectivity index (χ0) is 37.6. The van der Waals surface area contributed by atoms with Gasteiger partial charge in [0.1, 0.15) is 23.0 Å². The lowest BCUT2D eigenvalue weighted by molar-refractivity contribution is 0.150. The highest BCUT2D eigenvalue weighted by atomic mass is 28.4. The number of hydrogen-bond acceptors (Lipinski definition) is 4. The Hall–Kier alpha value is -3.70. The lowest BCUT2D eigenvalue weighted by Crippen LogP contribution is -2.62. The van der Waals surface area contributed by atoms with E-state index in [1.165, 1.54) is 22.3 Å². The summed E-state index contributed by atoms with van der Waals surface area (Å²) in [5, 5.41) is 0. The minimum Gasteiger partial charge on any atom is -0.452 e. The largest absolute Gasteiger partial charge is 0.966 e. The van der Waals surface area contributed by atoms with Gasteiger partial charge in [-0.3, -0.25) is 0 Å². The highest BCUT2D eigenvalue weighted by Crippen LogP contribution is 2.49. The smallest absolute Gasteiger partial charge is 0.452 e. The first-order valence-electron chi connectivity index (χ1n) is 18.7. The molecule has 0 amide bonds. The SMILES string of the molecule is Cc1cc2c(c(C(C)(C)C)c1)O[Si]1(Oc3c(cc(C)cc3C(C)(C)C)C2)Oc2c(cc(C)cc2C(C)(C)C)Cc2cc(C)cc(C(C)(C)C)c2O1. The van der Waals surface area contributed by atoms with Crippen LogP contribution in [0.3, 0.4) is 0 Å². The van der Waals surface area contributed by atoms with Crippen LogP contribution in [0, 0.1) is 27.7 Å². The maximum absolute atomic E-state index is 7.55. The first kappa shape index (κ1) is 37.1. The number of rotatable bonds is 0. The van der Waals surface area contributed by atoms with Crippen LogP contribution in [-0.2, 0) is 34.5 Å². The van der Waals surface area contributed by atoms with Crippen molar-refractivity contribution >= 4 is 9.05 Å². The van der Waals surface area contributed by atoms with Crippen LogP contribution >= 0.6 is 0 Å². The average Bonchev–Trinajstić information content (AvgIpc) is 2.94. The second-order valence-electron chi connectivity index (χ2n) is 19.5. The van der Waals surface area contributed by atoms with Crippen molar-refractivity contribution in [2.45, 2.75) is 145 Å². The molecule has 0 bridgehead atoms. The van der Waals surface area contributed by atoms with Gasteiger partial charge >= 0.3 is 9.05 Å². The molecule has 0 unspecified atom stereocenters. The molecule has 272 valence electrons. The predicted octanol–water partition coefficient (Wildman–Crippen LogP) is 12.0. The molecule has 0 atom stereocenters. The van der Waals surface area contributed by atoms with Crippen molar-refractivity contribution in [2.75, 3.05) is 0 Å². The number of aryl methyl sites for hydroxylation is 4. The van der Waals surface area contributed by atoms with E-state index in [1.807, 2.05) is 0 Å². The third kappa shape index (κ3) is 7.20. The molecule has 2 heterocycles. The summed E-state index contributed by atoms with van der Waals surface area (Å²) in [5.74, 6) is 3.23. The molecule has 4 aromatic rings. The Morgan fingerprint density at radius 2 is 0.549 bits per heavy atom. The van der Waals surface area contributed by atoms with Crippen LogP contribution < -0.4 is 17.7 Å². The van der Waals surface area contributed by atoms with Crippen LogP contribution in [0.15, 0.2) is 48.5 Å². The molecule has 6 rings (SSSR count). The Morgan fingerprint density at radius 1 is 0.353 bits per heavy atom. The van der Waals surface area contributed by atoms with E-state index in [2.05, 4.69) is 159 Å². The maximum Gasteiger partial charge on any atom is 0.966 e. The molecule has 0 aliphatic carbocycles. The first-order chi connectivity index (χ1) is 23.3. The molecule has 0 aromatic heterocycles. The highest BCUT2D eigenvalue weighted by Gasteiger charge is 2.62. The zero-order valence-corrected chi connectivity index (χ0v) is 35.2. The van der Waals surface area contributed by atoms with E-state index < -0.39 is 9.05 Å². The van der Waals surface area contributed by atoms with E-state index in [4.69, 9.17) is 17.7 Å². The number of benzene rings is 4. The van der Waals surface area contributed by atoms with Gasteiger partial charge in [-0.15, -0.1) is 0 Å². The summed E-state index contributed by atoms with van der Waals surface area (Å²) >= 11 is 0. The van der Waals surface area contributed by atoms with Crippen molar-refractivity contribution in [1.82, 2.24) is 0 Å². The molecule has 5 heteroatoms. The molecule has 4 nitrogen and oxygen atoms in total. The summed E-state index contributed by atoms with van der Waals surface area (Å²) in [6, 6.07) is 18.2. The Morgan fingerprint density at radius 3 is 0.725 bits per heavy atom. The van der Waals surface area contributed by atoms with Crippen molar-refractivity contribution in [2.24, 2.45) is 0 Å². The van der Waals surface area contributed by atoms with Crippen LogP contribution in [0.25, 0.3) is 0 Å². The molecule has 0 saturated carbocycles. The first-order valence-corrected chi connectivity index (χ1v) is 20.3. The minimum atomic E-state index is -4.25. The van der Waals surface area contributed by atoms with Crippen LogP contribution in [0.1, 0.15) is 150 Å².